The highest BCUT2D eigenvalue weighted by Gasteiger charge is 2.08. The van der Waals surface area contributed by atoms with Gasteiger partial charge in [-0.15, -0.1) is 0 Å². The molecule has 1 atom stereocenters. The van der Waals surface area contributed by atoms with Crippen LogP contribution in [0.1, 0.15) is 24.7 Å². The molecule has 0 aromatic carbocycles. The predicted octanol–water partition coefficient (Wildman–Crippen LogP) is 0.236. The highest BCUT2D eigenvalue weighted by Crippen LogP contribution is 2.05. The number of hydrogen-bond donors (Lipinski definition) is 1. The first-order chi connectivity index (χ1) is 5.24. The highest BCUT2D eigenvalue weighted by atomic mass is 16.5. The largest absolute Gasteiger partial charge is 0.377 e. The third kappa shape index (κ3) is 1.99. The van der Waals surface area contributed by atoms with Gasteiger partial charge < -0.3 is 15.0 Å². The Balaban J connectivity index is 2.66. The van der Waals surface area contributed by atoms with Gasteiger partial charge in [0.15, 0.2) is 5.82 Å². The van der Waals surface area contributed by atoms with E-state index in [-0.39, 0.29) is 6.04 Å². The van der Waals surface area contributed by atoms with E-state index in [1.54, 1.807) is 14.0 Å². The summed E-state index contributed by atoms with van der Waals surface area (Å²) in [5, 5.41) is 3.64. The molecule has 0 aliphatic rings. The monoisotopic (exact) mass is 157 g/mol. The fraction of sp³-hybridized carbons (Fsp3) is 0.667. The first-order valence-corrected chi connectivity index (χ1v) is 3.31. The minimum Gasteiger partial charge on any atom is -0.377 e. The molecule has 0 fully saturated rings. The Hall–Kier alpha value is -0.940. The number of ether oxygens (including phenoxy) is 1. The summed E-state index contributed by atoms with van der Waals surface area (Å²) in [6, 6.07) is -0.215. The van der Waals surface area contributed by atoms with E-state index in [2.05, 4.69) is 10.1 Å². The second kappa shape index (κ2) is 3.45. The molecule has 0 aliphatic carbocycles. The van der Waals surface area contributed by atoms with Gasteiger partial charge in [-0.3, -0.25) is 0 Å². The van der Waals surface area contributed by atoms with E-state index in [9.17, 15) is 0 Å². The highest BCUT2D eigenvalue weighted by molar-refractivity contribution is 4.88. The lowest BCUT2D eigenvalue weighted by Crippen LogP contribution is -2.05. The number of nitrogens with zero attached hydrogens (tertiary/aromatic N) is 2. The zero-order valence-electron chi connectivity index (χ0n) is 6.57. The molecule has 0 radical (unpaired) electrons. The van der Waals surface area contributed by atoms with Gasteiger partial charge in [-0.05, 0) is 6.92 Å². The average Bonchev–Trinajstić information content (AvgIpc) is 2.37. The molecule has 0 aliphatic heterocycles. The summed E-state index contributed by atoms with van der Waals surface area (Å²) in [4.78, 5) is 3.97. The SMILES string of the molecule is COCc1noc([C@@H](C)N)n1. The smallest absolute Gasteiger partial charge is 0.243 e. The maximum atomic E-state index is 5.49. The molecule has 2 N–H and O–H groups in total. The van der Waals surface area contributed by atoms with Crippen LogP contribution >= 0.6 is 0 Å². The molecule has 5 nitrogen and oxygen atoms in total. The van der Waals surface area contributed by atoms with Crippen LogP contribution in [-0.4, -0.2) is 17.3 Å². The Morgan fingerprint density at radius 1 is 1.73 bits per heavy atom. The standard InChI is InChI=1S/C6H11N3O2/c1-4(7)6-8-5(3-10-2)9-11-6/h4H,3,7H2,1-2H3/t4-/m1/s1. The molecule has 1 rings (SSSR count). The minimum absolute atomic E-state index is 0.215. The van der Waals surface area contributed by atoms with Crippen molar-refractivity contribution >= 4 is 0 Å². The van der Waals surface area contributed by atoms with E-state index < -0.39 is 0 Å². The van der Waals surface area contributed by atoms with Crippen molar-refractivity contribution in [1.29, 1.82) is 0 Å². The van der Waals surface area contributed by atoms with Gasteiger partial charge in [-0.25, -0.2) is 0 Å². The topological polar surface area (TPSA) is 74.2 Å². The Bertz CT molecular complexity index is 221. The molecule has 11 heavy (non-hydrogen) atoms. The zero-order valence-corrected chi connectivity index (χ0v) is 6.57. The molecule has 0 amide bonds. The van der Waals surface area contributed by atoms with Gasteiger partial charge in [0.05, 0.1) is 6.04 Å². The van der Waals surface area contributed by atoms with Crippen molar-refractivity contribution in [3.05, 3.63) is 11.7 Å². The number of methoxy groups -OCH3 is 1. The van der Waals surface area contributed by atoms with Crippen LogP contribution in [0.3, 0.4) is 0 Å². The molecular formula is C6H11N3O2. The van der Waals surface area contributed by atoms with Gasteiger partial charge in [0, 0.05) is 7.11 Å². The van der Waals surface area contributed by atoms with Gasteiger partial charge >= 0.3 is 0 Å². The summed E-state index contributed by atoms with van der Waals surface area (Å²) in [5.41, 5.74) is 5.49. The van der Waals surface area contributed by atoms with Crippen LogP contribution in [0.25, 0.3) is 0 Å². The quantitative estimate of drug-likeness (QED) is 0.680. The minimum atomic E-state index is -0.215. The van der Waals surface area contributed by atoms with Crippen LogP contribution in [0.5, 0.6) is 0 Å². The Morgan fingerprint density at radius 3 is 2.91 bits per heavy atom. The van der Waals surface area contributed by atoms with E-state index in [0.717, 1.165) is 0 Å². The summed E-state index contributed by atoms with van der Waals surface area (Å²) in [6.07, 6.45) is 0. The van der Waals surface area contributed by atoms with Crippen LogP contribution in [0.2, 0.25) is 0 Å². The number of hydrogen-bond acceptors (Lipinski definition) is 5. The number of nitrogens with two attached hydrogens (primary N) is 1. The van der Waals surface area contributed by atoms with Crippen molar-refractivity contribution in [2.45, 2.75) is 19.6 Å². The molecular weight excluding hydrogens is 146 g/mol. The van der Waals surface area contributed by atoms with E-state index >= 15 is 0 Å². The van der Waals surface area contributed by atoms with Crippen molar-refractivity contribution in [2.75, 3.05) is 7.11 Å². The lowest BCUT2D eigenvalue weighted by Gasteiger charge is -1.92. The van der Waals surface area contributed by atoms with Crippen molar-refractivity contribution in [3.63, 3.8) is 0 Å². The van der Waals surface area contributed by atoms with Crippen LogP contribution in [0, 0.1) is 0 Å². The normalized spacial score (nSPS) is 13.4. The van der Waals surface area contributed by atoms with Crippen molar-refractivity contribution in [1.82, 2.24) is 10.1 Å². The lowest BCUT2D eigenvalue weighted by molar-refractivity contribution is 0.174. The molecule has 0 bridgehead atoms. The number of rotatable bonds is 3. The summed E-state index contributed by atoms with van der Waals surface area (Å²) in [6.45, 7) is 2.14. The summed E-state index contributed by atoms with van der Waals surface area (Å²) in [5.74, 6) is 0.969. The molecule has 0 saturated carbocycles. The fourth-order valence-electron chi connectivity index (χ4n) is 0.640. The maximum absolute atomic E-state index is 5.49. The van der Waals surface area contributed by atoms with Gasteiger partial charge in [-0.1, -0.05) is 5.16 Å². The zero-order chi connectivity index (χ0) is 8.27. The molecule has 1 heterocycles. The second-order valence-electron chi connectivity index (χ2n) is 2.27. The summed E-state index contributed by atoms with van der Waals surface area (Å²) >= 11 is 0. The third-order valence-corrected chi connectivity index (χ3v) is 1.15. The Labute approximate surface area is 64.5 Å². The molecule has 1 aromatic heterocycles. The van der Waals surface area contributed by atoms with E-state index in [0.29, 0.717) is 18.3 Å². The predicted molar refractivity (Wildman–Crippen MR) is 37.6 cm³/mol. The van der Waals surface area contributed by atoms with Gasteiger partial charge in [0.1, 0.15) is 6.61 Å². The summed E-state index contributed by atoms with van der Waals surface area (Å²) < 4.78 is 9.61. The van der Waals surface area contributed by atoms with Crippen LogP contribution in [-0.2, 0) is 11.3 Å². The fourth-order valence-corrected chi connectivity index (χ4v) is 0.640. The molecule has 0 saturated heterocycles. The lowest BCUT2D eigenvalue weighted by atomic mass is 10.4. The second-order valence-corrected chi connectivity index (χ2v) is 2.27. The molecule has 0 unspecified atom stereocenters. The van der Waals surface area contributed by atoms with E-state index in [4.69, 9.17) is 15.0 Å². The van der Waals surface area contributed by atoms with E-state index in [1.807, 2.05) is 0 Å². The van der Waals surface area contributed by atoms with Crippen molar-refractivity contribution < 1.29 is 9.26 Å². The van der Waals surface area contributed by atoms with E-state index in [1.165, 1.54) is 0 Å². The first kappa shape index (κ1) is 8.16. The van der Waals surface area contributed by atoms with Crippen molar-refractivity contribution in [3.8, 4) is 0 Å². The maximum Gasteiger partial charge on any atom is 0.243 e. The molecule has 62 valence electrons. The summed E-state index contributed by atoms with van der Waals surface area (Å²) in [7, 11) is 1.57. The van der Waals surface area contributed by atoms with Crippen LogP contribution < -0.4 is 5.73 Å². The molecule has 0 spiro atoms. The van der Waals surface area contributed by atoms with Crippen LogP contribution in [0.4, 0.5) is 0 Å². The van der Waals surface area contributed by atoms with Gasteiger partial charge in [0.25, 0.3) is 0 Å². The van der Waals surface area contributed by atoms with Crippen LogP contribution in [0.15, 0.2) is 4.52 Å². The Morgan fingerprint density at radius 2 is 2.45 bits per heavy atom. The first-order valence-electron chi connectivity index (χ1n) is 3.31. The third-order valence-electron chi connectivity index (χ3n) is 1.15. The van der Waals surface area contributed by atoms with Gasteiger partial charge in [0.2, 0.25) is 5.89 Å². The molecule has 5 heteroatoms. The van der Waals surface area contributed by atoms with Gasteiger partial charge in [-0.2, -0.15) is 4.98 Å². The van der Waals surface area contributed by atoms with Crippen molar-refractivity contribution in [2.24, 2.45) is 5.73 Å². The average molecular weight is 157 g/mol. The Kier molecular flexibility index (Phi) is 2.56. The number of aromatic nitrogens is 2. The molecule has 1 aromatic rings.